The zero-order valence-corrected chi connectivity index (χ0v) is 41.9. The molecule has 0 saturated carbocycles. The summed E-state index contributed by atoms with van der Waals surface area (Å²) in [6, 6.07) is 0. The quantitative estimate of drug-likeness (QED) is 0.124. The summed E-state index contributed by atoms with van der Waals surface area (Å²) in [6.45, 7) is 40.7. The molecule has 336 valence electrons. The summed E-state index contributed by atoms with van der Waals surface area (Å²) < 4.78 is 14.4. The van der Waals surface area contributed by atoms with E-state index in [4.69, 9.17) is 8.94 Å². The third-order valence-electron chi connectivity index (χ3n) is 8.07. The fourth-order valence-electron chi connectivity index (χ4n) is 4.61. The van der Waals surface area contributed by atoms with Crippen LogP contribution in [-0.4, -0.2) is 52.6 Å². The van der Waals surface area contributed by atoms with Crippen LogP contribution in [0.1, 0.15) is 228 Å². The molecule has 4 rings (SSSR count). The van der Waals surface area contributed by atoms with Crippen LogP contribution >= 0.6 is 22.9 Å². The minimum Gasteiger partial charge on any atom is -0.442 e. The summed E-state index contributed by atoms with van der Waals surface area (Å²) in [7, 11) is 0. The second kappa shape index (κ2) is 22.9. The van der Waals surface area contributed by atoms with Crippen LogP contribution in [0.3, 0.4) is 0 Å². The Morgan fingerprint density at radius 1 is 0.517 bits per heavy atom. The summed E-state index contributed by atoms with van der Waals surface area (Å²) in [5, 5.41) is 7.01. The molecule has 0 amide bonds. The van der Waals surface area contributed by atoms with E-state index >= 15 is 0 Å². The molecule has 0 bridgehead atoms. The average molecular weight is 871 g/mol. The van der Waals surface area contributed by atoms with Crippen LogP contribution in [0.15, 0.2) is 20.6 Å². The molecule has 0 spiro atoms. The van der Waals surface area contributed by atoms with Gasteiger partial charge in [-0.05, 0) is 35.2 Å². The lowest BCUT2D eigenvalue weighted by Gasteiger charge is -2.14. The molecule has 0 N–H and O–H groups in total. The SMILES string of the molecule is CC(C)CC(=O)c1nc(C(C)(C)C)co1.CC(C)CC(=O)c1nc(C(C)(C)C)cs1.CC(C)CC(=O)c1nc(C(C)(C)C)no1.CC(C)CC(=O)c1nc(C(C)(C)C)ns1. The van der Waals surface area contributed by atoms with E-state index in [9.17, 15) is 19.2 Å². The molecule has 0 atom stereocenters. The number of Topliss-reactive ketones (excluding diaryl/α,β-unsaturated/α-hetero) is 4. The Balaban J connectivity index is 0.000000400. The van der Waals surface area contributed by atoms with Gasteiger partial charge in [0.2, 0.25) is 11.6 Å². The zero-order valence-electron chi connectivity index (χ0n) is 40.2. The number of thiazole rings is 1. The number of rotatable bonds is 12. The highest BCUT2D eigenvalue weighted by molar-refractivity contribution is 7.11. The molecule has 0 aliphatic heterocycles. The van der Waals surface area contributed by atoms with Crippen LogP contribution in [0.2, 0.25) is 0 Å². The predicted octanol–water partition coefficient (Wildman–Crippen LogP) is 12.5. The van der Waals surface area contributed by atoms with E-state index in [0.717, 1.165) is 17.2 Å². The Bertz CT molecular complexity index is 1670. The highest BCUT2D eigenvalue weighted by Gasteiger charge is 2.25. The lowest BCUT2D eigenvalue weighted by Crippen LogP contribution is -2.14. The summed E-state index contributed by atoms with van der Waals surface area (Å²) in [6.07, 6.45) is 3.67. The highest BCUT2D eigenvalue weighted by atomic mass is 32.1. The molecule has 0 unspecified atom stereocenters. The Morgan fingerprint density at radius 3 is 1.32 bits per heavy atom. The Kier molecular flexibility index (Phi) is 20.7. The maximum atomic E-state index is 11.7. The van der Waals surface area contributed by atoms with Gasteiger partial charge in [0.05, 0.1) is 11.4 Å². The van der Waals surface area contributed by atoms with Gasteiger partial charge < -0.3 is 8.94 Å². The minimum absolute atomic E-state index is 0.0134. The standard InChI is InChI=1S/C12H19NO2.C12H19NOS.C11H18N2O2.C11H18N2OS/c2*1-8(2)6-9(14)11-13-10(7-15-11)12(3,4)5;2*1-7(2)6-8(14)9-12-10(13-15-9)11(3,4)5/h2*7-8H,6H2,1-5H3;2*7H,6H2,1-5H3. The molecule has 0 aromatic carbocycles. The molecular weight excluding hydrogens is 797 g/mol. The number of carbonyl (C=O) groups is 4. The molecule has 60 heavy (non-hydrogen) atoms. The number of aromatic nitrogens is 6. The largest absolute Gasteiger partial charge is 0.442 e. The van der Waals surface area contributed by atoms with E-state index in [1.807, 2.05) is 109 Å². The van der Waals surface area contributed by atoms with Crippen molar-refractivity contribution in [2.45, 2.75) is 186 Å². The van der Waals surface area contributed by atoms with Crippen molar-refractivity contribution >= 4 is 46.0 Å². The van der Waals surface area contributed by atoms with E-state index in [-0.39, 0.29) is 56.6 Å². The maximum Gasteiger partial charge on any atom is 0.294 e. The number of oxazole rings is 1. The van der Waals surface area contributed by atoms with E-state index in [1.54, 1.807) is 6.26 Å². The van der Waals surface area contributed by atoms with Crippen molar-refractivity contribution in [2.75, 3.05) is 0 Å². The van der Waals surface area contributed by atoms with Gasteiger partial charge in [0.25, 0.3) is 11.8 Å². The van der Waals surface area contributed by atoms with E-state index < -0.39 is 0 Å². The minimum atomic E-state index is -0.181. The fourth-order valence-corrected chi connectivity index (χ4v) is 6.40. The van der Waals surface area contributed by atoms with E-state index in [0.29, 0.717) is 65.2 Å². The van der Waals surface area contributed by atoms with Crippen molar-refractivity contribution in [2.24, 2.45) is 23.7 Å². The molecule has 12 nitrogen and oxygen atoms in total. The van der Waals surface area contributed by atoms with Gasteiger partial charge in [-0.25, -0.2) is 15.0 Å². The molecule has 14 heteroatoms. The molecule has 4 aromatic heterocycles. The Hall–Kier alpha value is -3.78. The first-order valence-corrected chi connectivity index (χ1v) is 22.6. The van der Waals surface area contributed by atoms with Gasteiger partial charge >= 0.3 is 0 Å². The van der Waals surface area contributed by atoms with Crippen molar-refractivity contribution < 1.29 is 28.1 Å². The smallest absolute Gasteiger partial charge is 0.294 e. The van der Waals surface area contributed by atoms with Crippen LogP contribution in [0, 0.1) is 23.7 Å². The first kappa shape index (κ1) is 54.2. The topological polar surface area (TPSA) is 172 Å². The normalized spacial score (nSPS) is 12.1. The third-order valence-corrected chi connectivity index (χ3v) is 9.71. The van der Waals surface area contributed by atoms with Gasteiger partial charge in [0.15, 0.2) is 27.4 Å². The number of nitrogens with zero attached hydrogens (tertiary/aromatic N) is 6. The van der Waals surface area contributed by atoms with Crippen LogP contribution in [0.5, 0.6) is 0 Å². The van der Waals surface area contributed by atoms with Crippen molar-refractivity contribution in [3.63, 3.8) is 0 Å². The molecule has 0 fully saturated rings. The van der Waals surface area contributed by atoms with Crippen LogP contribution < -0.4 is 0 Å². The van der Waals surface area contributed by atoms with E-state index in [2.05, 4.69) is 64.1 Å². The first-order chi connectivity index (χ1) is 27.2. The third kappa shape index (κ3) is 19.7. The van der Waals surface area contributed by atoms with Crippen LogP contribution in [0.25, 0.3) is 0 Å². The number of hydrogen-bond donors (Lipinski definition) is 0. The van der Waals surface area contributed by atoms with Crippen molar-refractivity contribution in [1.29, 1.82) is 0 Å². The van der Waals surface area contributed by atoms with Gasteiger partial charge in [-0.3, -0.25) is 19.2 Å². The zero-order chi connectivity index (χ0) is 46.6. The van der Waals surface area contributed by atoms with Crippen molar-refractivity contribution in [1.82, 2.24) is 29.5 Å². The molecule has 0 aliphatic rings. The fraction of sp³-hybridized carbons (Fsp3) is 0.696. The molecule has 0 aliphatic carbocycles. The Morgan fingerprint density at radius 2 is 0.950 bits per heavy atom. The Labute approximate surface area is 368 Å². The number of hydrogen-bond acceptors (Lipinski definition) is 14. The predicted molar refractivity (Wildman–Crippen MR) is 243 cm³/mol. The van der Waals surface area contributed by atoms with Crippen molar-refractivity contribution in [3.05, 3.63) is 56.5 Å². The maximum absolute atomic E-state index is 11.7. The molecule has 0 saturated heterocycles. The molecular formula is C46H74N6O6S2. The molecule has 4 heterocycles. The summed E-state index contributed by atoms with van der Waals surface area (Å²) in [4.78, 5) is 63.7. The number of carbonyl (C=O) groups excluding carboxylic acids is 4. The molecule has 4 aromatic rings. The van der Waals surface area contributed by atoms with Crippen LogP contribution in [-0.2, 0) is 21.7 Å². The van der Waals surface area contributed by atoms with Crippen LogP contribution in [0.4, 0.5) is 0 Å². The summed E-state index contributed by atoms with van der Waals surface area (Å²) in [5.74, 6) is 3.33. The average Bonchev–Trinajstić information content (AvgIpc) is 3.89. The van der Waals surface area contributed by atoms with Gasteiger partial charge in [-0.15, -0.1) is 11.3 Å². The number of ketones is 4. The second-order valence-electron chi connectivity index (χ2n) is 21.0. The second-order valence-corrected chi connectivity index (χ2v) is 22.6. The lowest BCUT2D eigenvalue weighted by molar-refractivity contribution is 0.0920. The van der Waals surface area contributed by atoms with Gasteiger partial charge in [0, 0.05) is 52.7 Å². The summed E-state index contributed by atoms with van der Waals surface area (Å²) in [5.41, 5.74) is 1.55. The van der Waals surface area contributed by atoms with Gasteiger partial charge in [0.1, 0.15) is 12.1 Å². The first-order valence-electron chi connectivity index (χ1n) is 20.9. The molecule has 0 radical (unpaired) electrons. The van der Waals surface area contributed by atoms with Gasteiger partial charge in [-0.1, -0.05) is 144 Å². The van der Waals surface area contributed by atoms with Crippen molar-refractivity contribution in [3.8, 4) is 0 Å². The monoisotopic (exact) mass is 871 g/mol. The summed E-state index contributed by atoms with van der Waals surface area (Å²) >= 11 is 2.68. The van der Waals surface area contributed by atoms with Gasteiger partial charge in [-0.2, -0.15) is 9.36 Å². The highest BCUT2D eigenvalue weighted by Crippen LogP contribution is 2.26. The van der Waals surface area contributed by atoms with E-state index in [1.165, 1.54) is 22.9 Å². The lowest BCUT2D eigenvalue weighted by atomic mass is 9.93.